The molecule has 1 atom stereocenters. The SMILES string of the molecule is CCCC(C(=O)O)c1nccn2nc(C(C)(C)C)cc12. The topological polar surface area (TPSA) is 67.5 Å². The molecule has 0 saturated carbocycles. The summed E-state index contributed by atoms with van der Waals surface area (Å²) in [5.41, 5.74) is 2.25. The summed E-state index contributed by atoms with van der Waals surface area (Å²) in [6.45, 7) is 8.24. The van der Waals surface area contributed by atoms with Gasteiger partial charge in [0.2, 0.25) is 0 Å². The molecular formula is C15H21N3O2. The molecule has 0 aliphatic carbocycles. The van der Waals surface area contributed by atoms with Gasteiger partial charge in [0, 0.05) is 17.8 Å². The second-order valence-corrected chi connectivity index (χ2v) is 6.10. The van der Waals surface area contributed by atoms with E-state index in [1.807, 2.05) is 13.0 Å². The monoisotopic (exact) mass is 275 g/mol. The van der Waals surface area contributed by atoms with E-state index in [2.05, 4.69) is 30.9 Å². The highest BCUT2D eigenvalue weighted by molar-refractivity contribution is 5.78. The number of carboxylic acids is 1. The van der Waals surface area contributed by atoms with Crippen LogP contribution in [0, 0.1) is 0 Å². The van der Waals surface area contributed by atoms with E-state index in [0.717, 1.165) is 17.6 Å². The summed E-state index contributed by atoms with van der Waals surface area (Å²) in [7, 11) is 0. The molecular weight excluding hydrogens is 254 g/mol. The number of nitrogens with zero attached hydrogens (tertiary/aromatic N) is 3. The first kappa shape index (κ1) is 14.5. The Hall–Kier alpha value is -1.91. The van der Waals surface area contributed by atoms with Gasteiger partial charge in [-0.05, 0) is 12.5 Å². The van der Waals surface area contributed by atoms with Crippen molar-refractivity contribution >= 4 is 11.5 Å². The highest BCUT2D eigenvalue weighted by Crippen LogP contribution is 2.27. The van der Waals surface area contributed by atoms with Crippen LogP contribution in [0.5, 0.6) is 0 Å². The molecule has 2 heterocycles. The number of carbonyl (C=O) groups is 1. The van der Waals surface area contributed by atoms with Crippen molar-refractivity contribution in [1.29, 1.82) is 0 Å². The lowest BCUT2D eigenvalue weighted by atomic mass is 9.92. The smallest absolute Gasteiger partial charge is 0.312 e. The van der Waals surface area contributed by atoms with Gasteiger partial charge in [-0.25, -0.2) is 4.52 Å². The summed E-state index contributed by atoms with van der Waals surface area (Å²) in [5, 5.41) is 13.9. The van der Waals surface area contributed by atoms with Gasteiger partial charge in [-0.2, -0.15) is 5.10 Å². The molecule has 108 valence electrons. The Labute approximate surface area is 118 Å². The minimum absolute atomic E-state index is 0.0766. The number of rotatable bonds is 4. The van der Waals surface area contributed by atoms with E-state index in [1.165, 1.54) is 0 Å². The van der Waals surface area contributed by atoms with Crippen LogP contribution >= 0.6 is 0 Å². The largest absolute Gasteiger partial charge is 0.481 e. The number of fused-ring (bicyclic) bond motifs is 1. The minimum atomic E-state index is -0.828. The molecule has 0 bridgehead atoms. The highest BCUT2D eigenvalue weighted by Gasteiger charge is 2.25. The van der Waals surface area contributed by atoms with Crippen molar-refractivity contribution in [2.45, 2.75) is 51.9 Å². The lowest BCUT2D eigenvalue weighted by molar-refractivity contribution is -0.139. The maximum absolute atomic E-state index is 11.5. The van der Waals surface area contributed by atoms with Crippen molar-refractivity contribution in [3.63, 3.8) is 0 Å². The van der Waals surface area contributed by atoms with Gasteiger partial charge < -0.3 is 5.11 Å². The number of aromatic nitrogens is 3. The van der Waals surface area contributed by atoms with E-state index in [0.29, 0.717) is 12.1 Å². The minimum Gasteiger partial charge on any atom is -0.481 e. The zero-order chi connectivity index (χ0) is 14.9. The fourth-order valence-corrected chi connectivity index (χ4v) is 2.24. The van der Waals surface area contributed by atoms with Gasteiger partial charge in [-0.15, -0.1) is 0 Å². The summed E-state index contributed by atoms with van der Waals surface area (Å²) >= 11 is 0. The van der Waals surface area contributed by atoms with Crippen LogP contribution in [0.2, 0.25) is 0 Å². The third-order valence-corrected chi connectivity index (χ3v) is 3.39. The van der Waals surface area contributed by atoms with Gasteiger partial charge in [0.1, 0.15) is 5.92 Å². The van der Waals surface area contributed by atoms with Crippen molar-refractivity contribution < 1.29 is 9.90 Å². The van der Waals surface area contributed by atoms with Crippen LogP contribution in [0.4, 0.5) is 0 Å². The molecule has 2 aromatic rings. The molecule has 5 nitrogen and oxygen atoms in total. The summed E-state index contributed by atoms with van der Waals surface area (Å²) in [6, 6.07) is 1.95. The molecule has 0 radical (unpaired) electrons. The van der Waals surface area contributed by atoms with Crippen LogP contribution in [0.1, 0.15) is 57.8 Å². The second-order valence-electron chi connectivity index (χ2n) is 6.10. The molecule has 2 aromatic heterocycles. The Balaban J connectivity index is 2.59. The zero-order valence-electron chi connectivity index (χ0n) is 12.4. The molecule has 0 fully saturated rings. The summed E-state index contributed by atoms with van der Waals surface area (Å²) < 4.78 is 1.73. The lowest BCUT2D eigenvalue weighted by Gasteiger charge is -2.13. The standard InChI is InChI=1S/C15H21N3O2/c1-5-6-10(14(19)20)13-11-9-12(15(2,3)4)17-18(11)8-7-16-13/h7-10H,5-6H2,1-4H3,(H,19,20). The maximum Gasteiger partial charge on any atom is 0.312 e. The summed E-state index contributed by atoms with van der Waals surface area (Å²) in [6.07, 6.45) is 4.77. The van der Waals surface area contributed by atoms with Gasteiger partial charge in [0.15, 0.2) is 0 Å². The zero-order valence-corrected chi connectivity index (χ0v) is 12.4. The average molecular weight is 275 g/mol. The Bertz CT molecular complexity index is 626. The van der Waals surface area contributed by atoms with Crippen molar-refractivity contribution in [2.24, 2.45) is 0 Å². The van der Waals surface area contributed by atoms with Gasteiger partial charge in [-0.1, -0.05) is 34.1 Å². The fourth-order valence-electron chi connectivity index (χ4n) is 2.24. The van der Waals surface area contributed by atoms with E-state index in [1.54, 1.807) is 16.9 Å². The van der Waals surface area contributed by atoms with Crippen LogP contribution in [0.25, 0.3) is 5.52 Å². The summed E-state index contributed by atoms with van der Waals surface area (Å²) in [5.74, 6) is -1.40. The van der Waals surface area contributed by atoms with E-state index < -0.39 is 11.9 Å². The molecule has 0 saturated heterocycles. The first-order valence-corrected chi connectivity index (χ1v) is 6.92. The Morgan fingerprint density at radius 3 is 2.70 bits per heavy atom. The molecule has 0 aliphatic rings. The van der Waals surface area contributed by atoms with Crippen LogP contribution in [-0.4, -0.2) is 25.7 Å². The maximum atomic E-state index is 11.5. The van der Waals surface area contributed by atoms with Crippen molar-refractivity contribution in [3.05, 3.63) is 29.8 Å². The van der Waals surface area contributed by atoms with Crippen molar-refractivity contribution in [3.8, 4) is 0 Å². The van der Waals surface area contributed by atoms with Crippen LogP contribution in [-0.2, 0) is 10.2 Å². The van der Waals surface area contributed by atoms with E-state index in [4.69, 9.17) is 0 Å². The number of carboxylic acid groups (broad SMARTS) is 1. The molecule has 0 spiro atoms. The number of aliphatic carboxylic acids is 1. The van der Waals surface area contributed by atoms with Gasteiger partial charge in [-0.3, -0.25) is 9.78 Å². The Kier molecular flexibility index (Phi) is 3.79. The molecule has 5 heteroatoms. The van der Waals surface area contributed by atoms with E-state index in [-0.39, 0.29) is 5.41 Å². The second kappa shape index (κ2) is 5.23. The van der Waals surface area contributed by atoms with Crippen LogP contribution in [0.15, 0.2) is 18.5 Å². The molecule has 20 heavy (non-hydrogen) atoms. The first-order valence-electron chi connectivity index (χ1n) is 6.92. The third-order valence-electron chi connectivity index (χ3n) is 3.39. The van der Waals surface area contributed by atoms with Crippen molar-refractivity contribution in [2.75, 3.05) is 0 Å². The molecule has 0 amide bonds. The van der Waals surface area contributed by atoms with Crippen LogP contribution < -0.4 is 0 Å². The number of hydrogen-bond donors (Lipinski definition) is 1. The molecule has 1 unspecified atom stereocenters. The van der Waals surface area contributed by atoms with Gasteiger partial charge in [0.05, 0.1) is 16.9 Å². The lowest BCUT2D eigenvalue weighted by Crippen LogP contribution is -2.14. The molecule has 1 N–H and O–H groups in total. The normalized spacial score (nSPS) is 13.6. The quantitative estimate of drug-likeness (QED) is 0.931. The van der Waals surface area contributed by atoms with E-state index >= 15 is 0 Å². The molecule has 0 aliphatic heterocycles. The highest BCUT2D eigenvalue weighted by atomic mass is 16.4. The predicted octanol–water partition coefficient (Wildman–Crippen LogP) is 3.00. The van der Waals surface area contributed by atoms with E-state index in [9.17, 15) is 9.90 Å². The fraction of sp³-hybridized carbons (Fsp3) is 0.533. The van der Waals surface area contributed by atoms with Crippen molar-refractivity contribution in [1.82, 2.24) is 14.6 Å². The Morgan fingerprint density at radius 2 is 2.15 bits per heavy atom. The van der Waals surface area contributed by atoms with Gasteiger partial charge in [0.25, 0.3) is 0 Å². The Morgan fingerprint density at radius 1 is 1.45 bits per heavy atom. The molecule has 0 aromatic carbocycles. The summed E-state index contributed by atoms with van der Waals surface area (Å²) in [4.78, 5) is 15.8. The third kappa shape index (κ3) is 2.66. The number of hydrogen-bond acceptors (Lipinski definition) is 3. The predicted molar refractivity (Wildman–Crippen MR) is 77.0 cm³/mol. The van der Waals surface area contributed by atoms with Crippen LogP contribution in [0.3, 0.4) is 0 Å². The molecule has 2 rings (SSSR count). The van der Waals surface area contributed by atoms with Gasteiger partial charge >= 0.3 is 5.97 Å². The average Bonchev–Trinajstić information content (AvgIpc) is 2.79. The first-order chi connectivity index (χ1) is 9.34.